The number of β-lactam (4-membered cyclic amide) rings is 1. The summed E-state index contributed by atoms with van der Waals surface area (Å²) in [5.41, 5.74) is -0.0462. The van der Waals surface area contributed by atoms with E-state index in [1.807, 2.05) is 0 Å². The van der Waals surface area contributed by atoms with Gasteiger partial charge in [0.05, 0.1) is 25.2 Å². The first-order valence-corrected chi connectivity index (χ1v) is 6.41. The molecule has 0 saturated carbocycles. The quantitative estimate of drug-likeness (QED) is 0.409. The van der Waals surface area contributed by atoms with Gasteiger partial charge in [0.1, 0.15) is 11.5 Å². The lowest BCUT2D eigenvalue weighted by molar-refractivity contribution is -0.170. The Balaban J connectivity index is 3.06. The maximum absolute atomic E-state index is 12.2. The van der Waals surface area contributed by atoms with Crippen LogP contribution in [0.5, 0.6) is 0 Å². The third-order valence-corrected chi connectivity index (χ3v) is 3.93. The summed E-state index contributed by atoms with van der Waals surface area (Å²) in [6.07, 6.45) is -0.337. The summed E-state index contributed by atoms with van der Waals surface area (Å²) in [6, 6.07) is -0.429. The molecule has 0 N–H and O–H groups in total. The molecule has 1 rings (SSSR count). The predicted octanol–water partition coefficient (Wildman–Crippen LogP) is 0.760. The number of carbonyl (C=O) groups excluding carboxylic acids is 3. The van der Waals surface area contributed by atoms with Crippen molar-refractivity contribution in [3.05, 3.63) is 12.3 Å². The fourth-order valence-electron chi connectivity index (χ4n) is 2.46. The van der Waals surface area contributed by atoms with Gasteiger partial charge in [0.15, 0.2) is 0 Å². The van der Waals surface area contributed by atoms with E-state index in [-0.39, 0.29) is 23.5 Å². The lowest BCUT2D eigenvalue weighted by Gasteiger charge is -2.51. The van der Waals surface area contributed by atoms with E-state index in [0.717, 1.165) is 0 Å². The minimum Gasteiger partial charge on any atom is -0.464 e. The van der Waals surface area contributed by atoms with Crippen molar-refractivity contribution in [2.24, 2.45) is 11.8 Å². The third-order valence-electron chi connectivity index (χ3n) is 3.93. The standard InChI is InChI=1S/C14H21NO5/c1-7(9(3)16)12-11(10(4)19-5)13(17)15(12)8(2)14(18)20-6/h7,10-12H,2H2,1,3-6H3/t7-,10?,11?,12?/m0/s1. The normalized spacial score (nSPS) is 24.6. The fourth-order valence-corrected chi connectivity index (χ4v) is 2.46. The van der Waals surface area contributed by atoms with E-state index in [4.69, 9.17) is 4.74 Å². The van der Waals surface area contributed by atoms with Gasteiger partial charge in [0.25, 0.3) is 0 Å². The van der Waals surface area contributed by atoms with Crippen LogP contribution in [0.3, 0.4) is 0 Å². The molecule has 1 heterocycles. The number of likely N-dealkylation sites (tertiary alicyclic amines) is 1. The number of methoxy groups -OCH3 is 2. The van der Waals surface area contributed by atoms with Crippen molar-refractivity contribution in [3.8, 4) is 0 Å². The molecule has 20 heavy (non-hydrogen) atoms. The molecule has 112 valence electrons. The van der Waals surface area contributed by atoms with E-state index < -0.39 is 23.8 Å². The van der Waals surface area contributed by atoms with Crippen LogP contribution in [0.4, 0.5) is 0 Å². The minimum absolute atomic E-state index is 0.0462. The lowest BCUT2D eigenvalue weighted by Crippen LogP contribution is -2.67. The molecule has 0 bridgehead atoms. The van der Waals surface area contributed by atoms with Gasteiger partial charge in [-0.1, -0.05) is 13.5 Å². The second-order valence-electron chi connectivity index (χ2n) is 5.00. The van der Waals surface area contributed by atoms with E-state index >= 15 is 0 Å². The Kier molecular flexibility index (Phi) is 5.05. The van der Waals surface area contributed by atoms with Gasteiger partial charge in [-0.15, -0.1) is 0 Å². The van der Waals surface area contributed by atoms with E-state index in [1.165, 1.54) is 26.0 Å². The summed E-state index contributed by atoms with van der Waals surface area (Å²) in [6.45, 7) is 8.54. The zero-order valence-corrected chi connectivity index (χ0v) is 12.5. The van der Waals surface area contributed by atoms with Crippen molar-refractivity contribution < 1.29 is 23.9 Å². The topological polar surface area (TPSA) is 72.9 Å². The van der Waals surface area contributed by atoms with Crippen molar-refractivity contribution in [1.82, 2.24) is 4.90 Å². The van der Waals surface area contributed by atoms with Crippen LogP contribution in [-0.2, 0) is 23.9 Å². The maximum Gasteiger partial charge on any atom is 0.354 e. The van der Waals surface area contributed by atoms with Crippen molar-refractivity contribution in [2.75, 3.05) is 14.2 Å². The SMILES string of the molecule is C=C(C(=O)OC)N1C(=O)C(C(C)OC)C1[C@@H](C)C(C)=O. The Morgan fingerprint density at radius 2 is 1.85 bits per heavy atom. The number of Topliss-reactive ketones (excluding diaryl/α,β-unsaturated/α-hetero) is 1. The molecule has 1 saturated heterocycles. The van der Waals surface area contributed by atoms with Gasteiger partial charge >= 0.3 is 5.97 Å². The monoisotopic (exact) mass is 283 g/mol. The molecule has 1 amide bonds. The van der Waals surface area contributed by atoms with Gasteiger partial charge in [-0.3, -0.25) is 9.59 Å². The molecule has 0 aromatic carbocycles. The Morgan fingerprint density at radius 1 is 1.30 bits per heavy atom. The van der Waals surface area contributed by atoms with Crippen molar-refractivity contribution >= 4 is 17.7 Å². The number of nitrogens with zero attached hydrogens (tertiary/aromatic N) is 1. The summed E-state index contributed by atoms with van der Waals surface area (Å²) < 4.78 is 9.77. The van der Waals surface area contributed by atoms with Crippen LogP contribution in [0.1, 0.15) is 20.8 Å². The largest absolute Gasteiger partial charge is 0.464 e. The highest BCUT2D eigenvalue weighted by atomic mass is 16.5. The number of ketones is 1. The van der Waals surface area contributed by atoms with Gasteiger partial charge in [-0.05, 0) is 13.8 Å². The van der Waals surface area contributed by atoms with Gasteiger partial charge in [-0.2, -0.15) is 0 Å². The van der Waals surface area contributed by atoms with Gasteiger partial charge in [-0.25, -0.2) is 4.79 Å². The molecule has 0 radical (unpaired) electrons. The van der Waals surface area contributed by atoms with Gasteiger partial charge < -0.3 is 14.4 Å². The van der Waals surface area contributed by atoms with Crippen LogP contribution in [0, 0.1) is 11.8 Å². The molecule has 1 aliphatic heterocycles. The van der Waals surface area contributed by atoms with E-state index in [1.54, 1.807) is 13.8 Å². The first-order chi connectivity index (χ1) is 9.27. The predicted molar refractivity (Wildman–Crippen MR) is 71.6 cm³/mol. The Hall–Kier alpha value is -1.69. The highest BCUT2D eigenvalue weighted by molar-refractivity contribution is 5.99. The van der Waals surface area contributed by atoms with Crippen LogP contribution >= 0.6 is 0 Å². The maximum atomic E-state index is 12.2. The molecule has 0 spiro atoms. The van der Waals surface area contributed by atoms with Gasteiger partial charge in [0, 0.05) is 13.0 Å². The zero-order chi connectivity index (χ0) is 15.6. The molecule has 0 aromatic heterocycles. The minimum atomic E-state index is -0.678. The Labute approximate surface area is 118 Å². The number of amides is 1. The number of hydrogen-bond acceptors (Lipinski definition) is 5. The van der Waals surface area contributed by atoms with Crippen LogP contribution in [-0.4, -0.2) is 48.9 Å². The van der Waals surface area contributed by atoms with Crippen molar-refractivity contribution in [2.45, 2.75) is 32.9 Å². The second kappa shape index (κ2) is 6.17. The molecule has 0 aromatic rings. The molecule has 4 atom stereocenters. The molecule has 1 aliphatic rings. The molecule has 6 nitrogen and oxygen atoms in total. The van der Waals surface area contributed by atoms with Crippen LogP contribution in [0.2, 0.25) is 0 Å². The molecule has 0 aliphatic carbocycles. The first-order valence-electron chi connectivity index (χ1n) is 6.41. The second-order valence-corrected chi connectivity index (χ2v) is 5.00. The summed E-state index contributed by atoms with van der Waals surface area (Å²) in [4.78, 5) is 36.6. The highest BCUT2D eigenvalue weighted by Gasteiger charge is 2.55. The first kappa shape index (κ1) is 16.4. The molecular formula is C14H21NO5. The Morgan fingerprint density at radius 3 is 2.25 bits per heavy atom. The van der Waals surface area contributed by atoms with E-state index in [0.29, 0.717) is 0 Å². The Bertz CT molecular complexity index is 445. The average molecular weight is 283 g/mol. The number of ether oxygens (including phenoxy) is 2. The molecule has 3 unspecified atom stereocenters. The van der Waals surface area contributed by atoms with Crippen LogP contribution in [0.15, 0.2) is 12.3 Å². The summed E-state index contributed by atoms with van der Waals surface area (Å²) in [5.74, 6) is -1.87. The van der Waals surface area contributed by atoms with Crippen LogP contribution < -0.4 is 0 Å². The van der Waals surface area contributed by atoms with Crippen LogP contribution in [0.25, 0.3) is 0 Å². The number of carbonyl (C=O) groups is 3. The van der Waals surface area contributed by atoms with E-state index in [9.17, 15) is 14.4 Å². The molecular weight excluding hydrogens is 262 g/mol. The molecule has 6 heteroatoms. The number of esters is 1. The number of hydrogen-bond donors (Lipinski definition) is 0. The highest BCUT2D eigenvalue weighted by Crippen LogP contribution is 2.38. The lowest BCUT2D eigenvalue weighted by atomic mass is 9.75. The molecule has 1 fully saturated rings. The summed E-state index contributed by atoms with van der Waals surface area (Å²) in [5, 5.41) is 0. The number of rotatable bonds is 6. The average Bonchev–Trinajstić information content (AvgIpc) is 2.42. The summed E-state index contributed by atoms with van der Waals surface area (Å²) >= 11 is 0. The van der Waals surface area contributed by atoms with Gasteiger partial charge in [0.2, 0.25) is 5.91 Å². The van der Waals surface area contributed by atoms with E-state index in [2.05, 4.69) is 11.3 Å². The zero-order valence-electron chi connectivity index (χ0n) is 12.5. The smallest absolute Gasteiger partial charge is 0.354 e. The fraction of sp³-hybridized carbons (Fsp3) is 0.643. The summed E-state index contributed by atoms with van der Waals surface area (Å²) in [7, 11) is 2.72. The van der Waals surface area contributed by atoms with Crippen molar-refractivity contribution in [3.63, 3.8) is 0 Å². The van der Waals surface area contributed by atoms with Crippen molar-refractivity contribution in [1.29, 1.82) is 0 Å². The third kappa shape index (κ3) is 2.60.